The van der Waals surface area contributed by atoms with E-state index in [4.69, 9.17) is 5.11 Å². The molecule has 3 nitrogen and oxygen atoms in total. The number of carbonyl (C=O) groups is 1. The van der Waals surface area contributed by atoms with Crippen molar-refractivity contribution in [3.05, 3.63) is 14.0 Å². The molecule has 10 heavy (non-hydrogen) atoms. The first-order chi connectivity index (χ1) is 3.31. The minimum Gasteiger partial charge on any atom is -0.537 e. The van der Waals surface area contributed by atoms with Gasteiger partial charge in [-0.15, -0.1) is 0 Å². The van der Waals surface area contributed by atoms with Gasteiger partial charge in [-0.1, -0.05) is 0 Å². The van der Waals surface area contributed by atoms with Crippen molar-refractivity contribution in [3.8, 4) is 0 Å². The summed E-state index contributed by atoms with van der Waals surface area (Å²) in [7, 11) is 0. The van der Waals surface area contributed by atoms with E-state index in [0.717, 1.165) is 0 Å². The van der Waals surface area contributed by atoms with Crippen LogP contribution in [0.25, 0.3) is 0 Å². The predicted molar refractivity (Wildman–Crippen MR) is 29.3 cm³/mol. The van der Waals surface area contributed by atoms with Crippen molar-refractivity contribution in [1.82, 2.24) is 0 Å². The fourth-order valence-electron chi connectivity index (χ4n) is 0.180. The van der Waals surface area contributed by atoms with Crippen molar-refractivity contribution in [2.24, 2.45) is 0 Å². The number of aliphatic hydroxyl groups is 1. The normalized spacial score (nSPS) is 5.40. The number of esters is 1. The SMILES string of the molecule is CCOC(=O)[CH-]O.[CH3-].[Y].[Y]. The van der Waals surface area contributed by atoms with Crippen molar-refractivity contribution in [2.75, 3.05) is 6.61 Å². The van der Waals surface area contributed by atoms with Gasteiger partial charge in [-0.2, -0.15) is 6.61 Å². The Hall–Kier alpha value is 1.51. The van der Waals surface area contributed by atoms with Crippen LogP contribution in [0.1, 0.15) is 6.92 Å². The van der Waals surface area contributed by atoms with Crippen LogP contribution in [0, 0.1) is 14.0 Å². The molecule has 0 aliphatic rings. The summed E-state index contributed by atoms with van der Waals surface area (Å²) in [6.07, 6.45) is 0. The average Bonchev–Trinajstić information content (AvgIpc) is 1.68. The van der Waals surface area contributed by atoms with Crippen molar-refractivity contribution in [1.29, 1.82) is 0 Å². The van der Waals surface area contributed by atoms with Gasteiger partial charge >= 0.3 is 0 Å². The van der Waals surface area contributed by atoms with Crippen LogP contribution in [0.15, 0.2) is 0 Å². The van der Waals surface area contributed by atoms with Gasteiger partial charge < -0.3 is 17.3 Å². The van der Waals surface area contributed by atoms with Crippen LogP contribution in [0.2, 0.25) is 0 Å². The monoisotopic (exact) mass is 296 g/mol. The van der Waals surface area contributed by atoms with Crippen molar-refractivity contribution in [3.63, 3.8) is 0 Å². The van der Waals surface area contributed by atoms with E-state index in [1.807, 2.05) is 0 Å². The molecule has 0 aromatic heterocycles. The first-order valence-corrected chi connectivity index (χ1v) is 1.95. The van der Waals surface area contributed by atoms with E-state index in [2.05, 4.69) is 4.74 Å². The molecular weight excluding hydrogens is 286 g/mol. The van der Waals surface area contributed by atoms with Crippen molar-refractivity contribution < 1.29 is 80.1 Å². The molecule has 0 aromatic carbocycles. The zero-order valence-corrected chi connectivity index (χ0v) is 11.9. The molecule has 0 heterocycles. The molecule has 0 aliphatic heterocycles. The van der Waals surface area contributed by atoms with Crippen LogP contribution in [0.4, 0.5) is 0 Å². The Bertz CT molecular complexity index is 67.9. The summed E-state index contributed by atoms with van der Waals surface area (Å²) in [6, 6.07) is 0. The van der Waals surface area contributed by atoms with E-state index in [1.54, 1.807) is 6.92 Å². The molecule has 0 spiro atoms. The van der Waals surface area contributed by atoms with Crippen LogP contribution in [0.3, 0.4) is 0 Å². The zero-order chi connectivity index (χ0) is 5.70. The Balaban J connectivity index is -0.0000000600. The van der Waals surface area contributed by atoms with E-state index < -0.39 is 5.97 Å². The molecule has 2 radical (unpaired) electrons. The molecule has 0 saturated heterocycles. The average molecular weight is 296 g/mol. The number of rotatable bonds is 2. The molecule has 0 fully saturated rings. The van der Waals surface area contributed by atoms with E-state index in [9.17, 15) is 4.79 Å². The number of carbonyl (C=O) groups excluding carboxylic acids is 1. The smallest absolute Gasteiger partial charge is 0.190 e. The molecule has 0 rings (SSSR count). The van der Waals surface area contributed by atoms with Crippen LogP contribution in [-0.2, 0) is 74.9 Å². The first kappa shape index (κ1) is 22.5. The predicted octanol–water partition coefficient (Wildman–Crippen LogP) is 0.529. The molecule has 56 valence electrons. The minimum absolute atomic E-state index is 0. The molecular formula is C5H10O3Y2-2. The summed E-state index contributed by atoms with van der Waals surface area (Å²) < 4.78 is 4.25. The summed E-state index contributed by atoms with van der Waals surface area (Å²) in [6.45, 7) is 2.36. The Kier molecular flexibility index (Phi) is 38.0. The maximum atomic E-state index is 9.88. The van der Waals surface area contributed by atoms with Gasteiger partial charge in [0, 0.05) is 65.4 Å². The number of hydrogen-bond acceptors (Lipinski definition) is 3. The summed E-state index contributed by atoms with van der Waals surface area (Å²) in [5.41, 5.74) is 0. The van der Waals surface area contributed by atoms with E-state index in [0.29, 0.717) is 13.2 Å². The molecule has 0 amide bonds. The topological polar surface area (TPSA) is 46.5 Å². The second-order valence-electron chi connectivity index (χ2n) is 0.881. The third kappa shape index (κ3) is 16.2. The summed E-state index contributed by atoms with van der Waals surface area (Å²) in [4.78, 5) is 9.88. The Morgan fingerprint density at radius 3 is 2.10 bits per heavy atom. The van der Waals surface area contributed by atoms with Gasteiger partial charge in [-0.05, 0) is 6.92 Å². The van der Waals surface area contributed by atoms with Crippen LogP contribution in [0.5, 0.6) is 0 Å². The van der Waals surface area contributed by atoms with Gasteiger partial charge in [-0.3, -0.25) is 4.79 Å². The number of hydrogen-bond donors (Lipinski definition) is 1. The van der Waals surface area contributed by atoms with E-state index >= 15 is 0 Å². The maximum Gasteiger partial charge on any atom is 0.190 e. The number of ether oxygens (including phenoxy) is 1. The second kappa shape index (κ2) is 16.9. The summed E-state index contributed by atoms with van der Waals surface area (Å²) in [5, 5.41) is 7.87. The largest absolute Gasteiger partial charge is 0.537 e. The van der Waals surface area contributed by atoms with Gasteiger partial charge in [0.15, 0.2) is 5.97 Å². The van der Waals surface area contributed by atoms with Crippen molar-refractivity contribution in [2.45, 2.75) is 6.92 Å². The molecule has 0 bridgehead atoms. The summed E-state index contributed by atoms with van der Waals surface area (Å²) in [5.74, 6) is -0.692. The molecule has 1 N–H and O–H groups in total. The standard InChI is InChI=1S/C4H7O3.CH3.2Y/c1-2-7-4(6)3-5;;;/h3,5H,2H2,1H3;1H3;;/q2*-1;;. The van der Waals surface area contributed by atoms with Crippen molar-refractivity contribution >= 4 is 5.97 Å². The van der Waals surface area contributed by atoms with E-state index in [1.165, 1.54) is 0 Å². The van der Waals surface area contributed by atoms with Gasteiger partial charge in [0.1, 0.15) is 0 Å². The fraction of sp³-hybridized carbons (Fsp3) is 0.400. The van der Waals surface area contributed by atoms with Gasteiger partial charge in [-0.25, -0.2) is 0 Å². The fourth-order valence-corrected chi connectivity index (χ4v) is 0.180. The quantitative estimate of drug-likeness (QED) is 0.597. The third-order valence-electron chi connectivity index (χ3n) is 0.392. The maximum absolute atomic E-state index is 9.88. The Labute approximate surface area is 112 Å². The van der Waals surface area contributed by atoms with Gasteiger partial charge in [0.25, 0.3) is 0 Å². The van der Waals surface area contributed by atoms with Gasteiger partial charge in [0.2, 0.25) is 0 Å². The Morgan fingerprint density at radius 1 is 1.60 bits per heavy atom. The molecule has 0 atom stereocenters. The minimum atomic E-state index is -0.692. The second-order valence-corrected chi connectivity index (χ2v) is 0.881. The zero-order valence-electron chi connectivity index (χ0n) is 6.20. The van der Waals surface area contributed by atoms with Crippen LogP contribution in [-0.4, -0.2) is 17.7 Å². The molecule has 0 saturated carbocycles. The third-order valence-corrected chi connectivity index (χ3v) is 0.392. The van der Waals surface area contributed by atoms with Crippen LogP contribution < -0.4 is 0 Å². The first-order valence-electron chi connectivity index (χ1n) is 1.95. The van der Waals surface area contributed by atoms with Gasteiger partial charge in [0.05, 0.1) is 6.61 Å². The molecule has 0 aliphatic carbocycles. The van der Waals surface area contributed by atoms with Crippen LogP contribution >= 0.6 is 0 Å². The molecule has 5 heteroatoms. The van der Waals surface area contributed by atoms with E-state index in [-0.39, 0.29) is 72.8 Å². The molecule has 0 aromatic rings. The number of aliphatic hydroxyl groups excluding tert-OH is 1. The summed E-state index contributed by atoms with van der Waals surface area (Å²) >= 11 is 0. The molecule has 0 unspecified atom stereocenters. The Morgan fingerprint density at radius 2 is 2.00 bits per heavy atom.